The molecule has 1 fully saturated rings. The summed E-state index contributed by atoms with van der Waals surface area (Å²) in [5.74, 6) is -0.786. The molecule has 1 rings (SSSR count). The first-order chi connectivity index (χ1) is 9.49. The van der Waals surface area contributed by atoms with Crippen LogP contribution in [0.25, 0.3) is 0 Å². The molecular formula is C14H27N3O3. The van der Waals surface area contributed by atoms with Crippen LogP contribution >= 0.6 is 0 Å². The topological polar surface area (TPSA) is 72.9 Å². The number of nitrogens with zero attached hydrogens (tertiary/aromatic N) is 2. The lowest BCUT2D eigenvalue weighted by atomic mass is 10.1. The van der Waals surface area contributed by atoms with Gasteiger partial charge >= 0.3 is 12.0 Å². The molecule has 0 aliphatic carbocycles. The summed E-state index contributed by atoms with van der Waals surface area (Å²) in [7, 11) is 1.80. The number of carboxylic acids is 1. The van der Waals surface area contributed by atoms with Crippen molar-refractivity contribution in [2.45, 2.75) is 45.1 Å². The number of likely N-dealkylation sites (N-methyl/N-ethyl adjacent to an activating group) is 1. The van der Waals surface area contributed by atoms with Crippen molar-refractivity contribution in [3.63, 3.8) is 0 Å². The second-order valence-corrected chi connectivity index (χ2v) is 5.61. The van der Waals surface area contributed by atoms with Crippen LogP contribution in [0.3, 0.4) is 0 Å². The Hall–Kier alpha value is -1.30. The first-order valence-corrected chi connectivity index (χ1v) is 7.45. The van der Waals surface area contributed by atoms with Crippen molar-refractivity contribution >= 4 is 12.0 Å². The van der Waals surface area contributed by atoms with E-state index in [0.717, 1.165) is 26.2 Å². The molecule has 2 amide bonds. The molecule has 6 nitrogen and oxygen atoms in total. The van der Waals surface area contributed by atoms with Gasteiger partial charge < -0.3 is 20.2 Å². The number of carbonyl (C=O) groups is 2. The summed E-state index contributed by atoms with van der Waals surface area (Å²) in [6.07, 6.45) is 3.96. The Bertz CT molecular complexity index is 317. The number of urea groups is 1. The second kappa shape index (κ2) is 8.79. The Kier molecular flexibility index (Phi) is 7.36. The molecule has 1 unspecified atom stereocenters. The van der Waals surface area contributed by atoms with Gasteiger partial charge in [-0.25, -0.2) is 4.79 Å². The highest BCUT2D eigenvalue weighted by Gasteiger charge is 2.15. The highest BCUT2D eigenvalue weighted by molar-refractivity contribution is 5.74. The molecule has 1 saturated heterocycles. The summed E-state index contributed by atoms with van der Waals surface area (Å²) in [5.41, 5.74) is 0. The van der Waals surface area contributed by atoms with Crippen LogP contribution < -0.4 is 5.32 Å². The maximum atomic E-state index is 11.9. The van der Waals surface area contributed by atoms with Crippen LogP contribution in [0.4, 0.5) is 4.79 Å². The van der Waals surface area contributed by atoms with E-state index in [1.54, 1.807) is 11.9 Å². The van der Waals surface area contributed by atoms with Crippen LogP contribution in [0, 0.1) is 0 Å². The van der Waals surface area contributed by atoms with Gasteiger partial charge in [0.15, 0.2) is 0 Å². The van der Waals surface area contributed by atoms with Crippen molar-refractivity contribution in [2.75, 3.05) is 33.2 Å². The Morgan fingerprint density at radius 2 is 2.00 bits per heavy atom. The summed E-state index contributed by atoms with van der Waals surface area (Å²) in [6, 6.07) is -0.0666. The number of aliphatic carboxylic acids is 1. The fourth-order valence-electron chi connectivity index (χ4n) is 2.35. The summed E-state index contributed by atoms with van der Waals surface area (Å²) in [5, 5.41) is 11.5. The van der Waals surface area contributed by atoms with E-state index in [4.69, 9.17) is 5.11 Å². The number of hydrogen-bond acceptors (Lipinski definition) is 3. The van der Waals surface area contributed by atoms with Gasteiger partial charge in [0.25, 0.3) is 0 Å². The normalized spacial score (nSPS) is 16.9. The molecule has 0 aromatic carbocycles. The van der Waals surface area contributed by atoms with E-state index in [9.17, 15) is 9.59 Å². The minimum Gasteiger partial charge on any atom is -0.481 e. The molecule has 1 atom stereocenters. The second-order valence-electron chi connectivity index (χ2n) is 5.61. The predicted octanol–water partition coefficient (Wildman–Crippen LogP) is 1.37. The maximum absolute atomic E-state index is 11.9. The molecule has 0 aromatic heterocycles. The van der Waals surface area contributed by atoms with E-state index in [2.05, 4.69) is 10.2 Å². The number of amides is 2. The number of nitrogens with one attached hydrogen (secondary N) is 1. The van der Waals surface area contributed by atoms with Crippen molar-refractivity contribution in [1.82, 2.24) is 15.1 Å². The molecule has 0 aromatic rings. The first-order valence-electron chi connectivity index (χ1n) is 7.45. The maximum Gasteiger partial charge on any atom is 0.317 e. The molecule has 0 radical (unpaired) electrons. The minimum absolute atomic E-state index is 0.0103. The number of carbonyl (C=O) groups excluding carboxylic acids is 1. The zero-order valence-corrected chi connectivity index (χ0v) is 12.6. The van der Waals surface area contributed by atoms with Gasteiger partial charge in [-0.2, -0.15) is 0 Å². The molecule has 2 N–H and O–H groups in total. The van der Waals surface area contributed by atoms with Crippen molar-refractivity contribution in [3.05, 3.63) is 0 Å². The Morgan fingerprint density at radius 3 is 2.60 bits per heavy atom. The van der Waals surface area contributed by atoms with Crippen molar-refractivity contribution in [1.29, 1.82) is 0 Å². The highest BCUT2D eigenvalue weighted by atomic mass is 16.4. The molecule has 1 aliphatic rings. The fourth-order valence-corrected chi connectivity index (χ4v) is 2.35. The van der Waals surface area contributed by atoms with Crippen LogP contribution in [0.1, 0.15) is 39.0 Å². The van der Waals surface area contributed by atoms with Gasteiger partial charge in [0.2, 0.25) is 0 Å². The van der Waals surface area contributed by atoms with Crippen LogP contribution in [0.15, 0.2) is 0 Å². The number of hydrogen-bond donors (Lipinski definition) is 2. The zero-order chi connectivity index (χ0) is 15.0. The number of likely N-dealkylation sites (tertiary alicyclic amines) is 1. The predicted molar refractivity (Wildman–Crippen MR) is 77.8 cm³/mol. The van der Waals surface area contributed by atoms with Crippen LogP contribution in [-0.4, -0.2) is 66.2 Å². The number of carboxylic acid groups (broad SMARTS) is 1. The van der Waals surface area contributed by atoms with E-state index >= 15 is 0 Å². The molecule has 20 heavy (non-hydrogen) atoms. The SMILES string of the molecule is CC(CCCC(=O)O)NC(=O)N(C)CCN1CCCC1. The fraction of sp³-hybridized carbons (Fsp3) is 0.857. The third-order valence-electron chi connectivity index (χ3n) is 3.69. The number of rotatable bonds is 8. The standard InChI is InChI=1S/C14H27N3O3/c1-12(6-5-7-13(18)19)15-14(20)16(2)10-11-17-8-3-4-9-17/h12H,3-11H2,1-2H3,(H,15,20)(H,18,19). The highest BCUT2D eigenvalue weighted by Crippen LogP contribution is 2.06. The summed E-state index contributed by atoms with van der Waals surface area (Å²) < 4.78 is 0. The minimum atomic E-state index is -0.786. The molecule has 6 heteroatoms. The van der Waals surface area contributed by atoms with Gasteiger partial charge in [-0.3, -0.25) is 4.79 Å². The molecule has 0 bridgehead atoms. The summed E-state index contributed by atoms with van der Waals surface area (Å²) in [6.45, 7) is 5.85. The van der Waals surface area contributed by atoms with Crippen LogP contribution in [0.2, 0.25) is 0 Å². The third kappa shape index (κ3) is 6.75. The van der Waals surface area contributed by atoms with Gasteiger partial charge in [-0.1, -0.05) is 0 Å². The van der Waals surface area contributed by atoms with E-state index < -0.39 is 5.97 Å². The molecule has 0 spiro atoms. The van der Waals surface area contributed by atoms with Crippen LogP contribution in [0.5, 0.6) is 0 Å². The van der Waals surface area contributed by atoms with Gasteiger partial charge in [0.05, 0.1) is 0 Å². The zero-order valence-electron chi connectivity index (χ0n) is 12.6. The molecular weight excluding hydrogens is 258 g/mol. The first kappa shape index (κ1) is 16.8. The quantitative estimate of drug-likeness (QED) is 0.706. The van der Waals surface area contributed by atoms with Crippen molar-refractivity contribution in [3.8, 4) is 0 Å². The van der Waals surface area contributed by atoms with E-state index in [-0.39, 0.29) is 18.5 Å². The van der Waals surface area contributed by atoms with E-state index in [0.29, 0.717) is 12.8 Å². The lowest BCUT2D eigenvalue weighted by Crippen LogP contribution is -2.44. The largest absolute Gasteiger partial charge is 0.481 e. The Balaban J connectivity index is 2.14. The third-order valence-corrected chi connectivity index (χ3v) is 3.69. The van der Waals surface area contributed by atoms with Crippen molar-refractivity contribution in [2.24, 2.45) is 0 Å². The van der Waals surface area contributed by atoms with Crippen LogP contribution in [-0.2, 0) is 4.79 Å². The molecule has 1 heterocycles. The molecule has 116 valence electrons. The average Bonchev–Trinajstić information content (AvgIpc) is 2.88. The molecule has 0 saturated carbocycles. The van der Waals surface area contributed by atoms with E-state index in [1.165, 1.54) is 12.8 Å². The summed E-state index contributed by atoms with van der Waals surface area (Å²) in [4.78, 5) is 26.4. The van der Waals surface area contributed by atoms with Gasteiger partial charge in [0, 0.05) is 32.6 Å². The van der Waals surface area contributed by atoms with E-state index in [1.807, 2.05) is 6.92 Å². The van der Waals surface area contributed by atoms with Crippen molar-refractivity contribution < 1.29 is 14.7 Å². The Labute approximate surface area is 121 Å². The summed E-state index contributed by atoms with van der Waals surface area (Å²) >= 11 is 0. The Morgan fingerprint density at radius 1 is 1.35 bits per heavy atom. The average molecular weight is 285 g/mol. The van der Waals surface area contributed by atoms with Gasteiger partial charge in [-0.15, -0.1) is 0 Å². The smallest absolute Gasteiger partial charge is 0.317 e. The molecule has 1 aliphatic heterocycles. The monoisotopic (exact) mass is 285 g/mol. The van der Waals surface area contributed by atoms with Gasteiger partial charge in [-0.05, 0) is 45.7 Å². The lowest BCUT2D eigenvalue weighted by molar-refractivity contribution is -0.137. The lowest BCUT2D eigenvalue weighted by Gasteiger charge is -2.23. The van der Waals surface area contributed by atoms with Gasteiger partial charge in [0.1, 0.15) is 0 Å².